The van der Waals surface area contributed by atoms with Crippen LogP contribution in [-0.2, 0) is 4.74 Å². The number of benzene rings is 1. The molecular weight excluding hydrogens is 259 g/mol. The second-order valence-electron chi connectivity index (χ2n) is 4.86. The first-order valence-electron chi connectivity index (χ1n) is 5.52. The molecule has 1 heterocycles. The summed E-state index contributed by atoms with van der Waals surface area (Å²) in [6.07, 6.45) is 0. The molecule has 0 amide bonds. The zero-order valence-corrected chi connectivity index (χ0v) is 11.5. The molecule has 1 fully saturated rings. The first-order valence-corrected chi connectivity index (χ1v) is 6.28. The lowest BCUT2D eigenvalue weighted by Crippen LogP contribution is -2.48. The lowest BCUT2D eigenvalue weighted by Gasteiger charge is -2.40. The zero-order valence-electron chi connectivity index (χ0n) is 9.96. The zero-order chi connectivity index (χ0) is 12.6. The van der Waals surface area contributed by atoms with Crippen LogP contribution in [0.2, 0.25) is 10.0 Å². The molecular formula is C12H16Cl2N2O. The quantitative estimate of drug-likeness (QED) is 0.800. The molecule has 1 aromatic carbocycles. The van der Waals surface area contributed by atoms with Gasteiger partial charge >= 0.3 is 0 Å². The summed E-state index contributed by atoms with van der Waals surface area (Å²) in [7, 11) is 0. The molecule has 5 heteroatoms. The predicted molar refractivity (Wildman–Crippen MR) is 73.1 cm³/mol. The minimum absolute atomic E-state index is 0.188. The summed E-state index contributed by atoms with van der Waals surface area (Å²) in [4.78, 5) is 2.15. The molecule has 1 aliphatic heterocycles. The van der Waals surface area contributed by atoms with Gasteiger partial charge in [0.05, 0.1) is 27.9 Å². The molecule has 2 rings (SSSR count). The summed E-state index contributed by atoms with van der Waals surface area (Å²) in [5.74, 6) is 0. The second-order valence-corrected chi connectivity index (χ2v) is 5.68. The number of hydrogen-bond acceptors (Lipinski definition) is 3. The number of nitrogens with two attached hydrogens (primary N) is 1. The molecule has 0 spiro atoms. The third-order valence-electron chi connectivity index (χ3n) is 2.78. The molecule has 0 saturated carbocycles. The van der Waals surface area contributed by atoms with Crippen molar-refractivity contribution in [1.82, 2.24) is 0 Å². The van der Waals surface area contributed by atoms with E-state index in [1.54, 1.807) is 12.1 Å². The van der Waals surface area contributed by atoms with Crippen LogP contribution in [0.15, 0.2) is 12.1 Å². The van der Waals surface area contributed by atoms with Gasteiger partial charge < -0.3 is 15.4 Å². The Morgan fingerprint density at radius 1 is 1.29 bits per heavy atom. The fraction of sp³-hybridized carbons (Fsp3) is 0.500. The van der Waals surface area contributed by atoms with Gasteiger partial charge in [-0.25, -0.2) is 0 Å². The molecule has 2 N–H and O–H groups in total. The number of halogens is 2. The Morgan fingerprint density at radius 2 is 1.88 bits per heavy atom. The summed E-state index contributed by atoms with van der Waals surface area (Å²) in [6, 6.07) is 3.45. The van der Waals surface area contributed by atoms with Crippen molar-refractivity contribution >= 4 is 34.6 Å². The summed E-state index contributed by atoms with van der Waals surface area (Å²) in [5.41, 5.74) is 6.94. The number of morpholine rings is 1. The number of rotatable bonds is 1. The SMILES string of the molecule is CC1(C)CN(c2c(Cl)cc(N)cc2Cl)CCO1. The third kappa shape index (κ3) is 2.79. The summed E-state index contributed by atoms with van der Waals surface area (Å²) in [5, 5.41) is 1.18. The Labute approximate surface area is 111 Å². The minimum atomic E-state index is -0.188. The monoisotopic (exact) mass is 274 g/mol. The number of hydrogen-bond donors (Lipinski definition) is 1. The van der Waals surface area contributed by atoms with Crippen LogP contribution in [-0.4, -0.2) is 25.3 Å². The molecule has 17 heavy (non-hydrogen) atoms. The lowest BCUT2D eigenvalue weighted by molar-refractivity contribution is -0.0276. The van der Waals surface area contributed by atoms with Gasteiger partial charge in [-0.2, -0.15) is 0 Å². The smallest absolute Gasteiger partial charge is 0.0801 e. The maximum Gasteiger partial charge on any atom is 0.0801 e. The highest BCUT2D eigenvalue weighted by Crippen LogP contribution is 2.37. The number of ether oxygens (including phenoxy) is 1. The minimum Gasteiger partial charge on any atom is -0.399 e. The Bertz CT molecular complexity index is 412. The van der Waals surface area contributed by atoms with Crippen LogP contribution >= 0.6 is 23.2 Å². The van der Waals surface area contributed by atoms with Gasteiger partial charge in [-0.15, -0.1) is 0 Å². The van der Waals surface area contributed by atoms with Crippen LogP contribution in [0.1, 0.15) is 13.8 Å². The third-order valence-corrected chi connectivity index (χ3v) is 3.36. The highest BCUT2D eigenvalue weighted by molar-refractivity contribution is 6.39. The average Bonchev–Trinajstić information content (AvgIpc) is 2.13. The standard InChI is InChI=1S/C12H16Cl2N2O/c1-12(2)7-16(3-4-17-12)11-9(13)5-8(15)6-10(11)14/h5-6H,3-4,7,15H2,1-2H3. The first kappa shape index (κ1) is 12.8. The molecule has 94 valence electrons. The Morgan fingerprint density at radius 3 is 2.41 bits per heavy atom. The van der Waals surface area contributed by atoms with E-state index in [0.29, 0.717) is 22.3 Å². The fourth-order valence-electron chi connectivity index (χ4n) is 2.09. The van der Waals surface area contributed by atoms with E-state index in [2.05, 4.69) is 18.7 Å². The van der Waals surface area contributed by atoms with Crippen LogP contribution in [0, 0.1) is 0 Å². The normalized spacial score (nSPS) is 19.4. The van der Waals surface area contributed by atoms with Crippen molar-refractivity contribution in [2.45, 2.75) is 19.4 Å². The first-order chi connectivity index (χ1) is 7.89. The van der Waals surface area contributed by atoms with E-state index in [-0.39, 0.29) is 5.60 Å². The van der Waals surface area contributed by atoms with Crippen LogP contribution in [0.3, 0.4) is 0 Å². The molecule has 0 aliphatic carbocycles. The van der Waals surface area contributed by atoms with E-state index in [0.717, 1.165) is 18.8 Å². The number of nitrogen functional groups attached to an aromatic ring is 1. The maximum absolute atomic E-state index is 6.21. The van der Waals surface area contributed by atoms with E-state index in [1.165, 1.54) is 0 Å². The maximum atomic E-state index is 6.21. The molecule has 0 atom stereocenters. The van der Waals surface area contributed by atoms with E-state index < -0.39 is 0 Å². The van der Waals surface area contributed by atoms with E-state index in [1.807, 2.05) is 0 Å². The molecule has 0 aromatic heterocycles. The van der Waals surface area contributed by atoms with Gasteiger partial charge in [0.2, 0.25) is 0 Å². The Hall–Kier alpha value is -0.640. The Balaban J connectivity index is 2.34. The number of nitrogens with zero attached hydrogens (tertiary/aromatic N) is 1. The van der Waals surface area contributed by atoms with Crippen molar-refractivity contribution < 1.29 is 4.74 Å². The number of anilines is 2. The average molecular weight is 275 g/mol. The van der Waals surface area contributed by atoms with Crippen molar-refractivity contribution in [3.05, 3.63) is 22.2 Å². The van der Waals surface area contributed by atoms with Crippen molar-refractivity contribution in [1.29, 1.82) is 0 Å². The predicted octanol–water partition coefficient (Wildman–Crippen LogP) is 3.19. The highest BCUT2D eigenvalue weighted by atomic mass is 35.5. The van der Waals surface area contributed by atoms with Gasteiger partial charge in [0.1, 0.15) is 0 Å². The fourth-order valence-corrected chi connectivity index (χ4v) is 2.84. The Kier molecular flexibility index (Phi) is 3.43. The van der Waals surface area contributed by atoms with Crippen molar-refractivity contribution in [3.8, 4) is 0 Å². The molecule has 0 unspecified atom stereocenters. The van der Waals surface area contributed by atoms with Gasteiger partial charge in [-0.1, -0.05) is 23.2 Å². The second kappa shape index (κ2) is 4.56. The largest absolute Gasteiger partial charge is 0.399 e. The molecule has 1 saturated heterocycles. The van der Waals surface area contributed by atoms with Gasteiger partial charge in [-0.05, 0) is 26.0 Å². The van der Waals surface area contributed by atoms with Crippen LogP contribution in [0.25, 0.3) is 0 Å². The van der Waals surface area contributed by atoms with Crippen LogP contribution in [0.5, 0.6) is 0 Å². The van der Waals surface area contributed by atoms with Crippen LogP contribution in [0.4, 0.5) is 11.4 Å². The van der Waals surface area contributed by atoms with Gasteiger partial charge in [0.15, 0.2) is 0 Å². The summed E-state index contributed by atoms with van der Waals surface area (Å²) < 4.78 is 5.67. The molecule has 1 aromatic rings. The highest BCUT2D eigenvalue weighted by Gasteiger charge is 2.29. The van der Waals surface area contributed by atoms with E-state index in [4.69, 9.17) is 33.7 Å². The van der Waals surface area contributed by atoms with Crippen LogP contribution < -0.4 is 10.6 Å². The van der Waals surface area contributed by atoms with E-state index in [9.17, 15) is 0 Å². The molecule has 0 radical (unpaired) electrons. The van der Waals surface area contributed by atoms with Gasteiger partial charge in [-0.3, -0.25) is 0 Å². The summed E-state index contributed by atoms with van der Waals surface area (Å²) in [6.45, 7) is 6.32. The van der Waals surface area contributed by atoms with Gasteiger partial charge in [0.25, 0.3) is 0 Å². The summed E-state index contributed by atoms with van der Waals surface area (Å²) >= 11 is 12.4. The lowest BCUT2D eigenvalue weighted by atomic mass is 10.1. The van der Waals surface area contributed by atoms with Crippen molar-refractivity contribution in [3.63, 3.8) is 0 Å². The van der Waals surface area contributed by atoms with Gasteiger partial charge in [0, 0.05) is 18.8 Å². The molecule has 1 aliphatic rings. The topological polar surface area (TPSA) is 38.5 Å². The van der Waals surface area contributed by atoms with Crippen molar-refractivity contribution in [2.75, 3.05) is 30.3 Å². The van der Waals surface area contributed by atoms with E-state index >= 15 is 0 Å². The molecule has 3 nitrogen and oxygen atoms in total. The van der Waals surface area contributed by atoms with Crippen molar-refractivity contribution in [2.24, 2.45) is 0 Å². The molecule has 0 bridgehead atoms.